The summed E-state index contributed by atoms with van der Waals surface area (Å²) in [5.74, 6) is 0. The van der Waals surface area contributed by atoms with Crippen LogP contribution in [0.25, 0.3) is 0 Å². The van der Waals surface area contributed by atoms with Crippen molar-refractivity contribution in [3.05, 3.63) is 28.2 Å². The zero-order valence-corrected chi connectivity index (χ0v) is 11.2. The van der Waals surface area contributed by atoms with Crippen LogP contribution in [0.3, 0.4) is 0 Å². The fourth-order valence-corrected chi connectivity index (χ4v) is 3.94. The average Bonchev–Trinajstić information content (AvgIpc) is 2.29. The first-order valence-corrected chi connectivity index (χ1v) is 7.44. The fraction of sp³-hybridized carbons (Fsp3) is 0.400. The lowest BCUT2D eigenvalue weighted by Gasteiger charge is -2.24. The first-order chi connectivity index (χ1) is 8.00. The van der Waals surface area contributed by atoms with Gasteiger partial charge in [-0.2, -0.15) is 0 Å². The molecule has 17 heavy (non-hydrogen) atoms. The molecule has 2 N–H and O–H groups in total. The summed E-state index contributed by atoms with van der Waals surface area (Å²) in [5.41, 5.74) is 0. The van der Waals surface area contributed by atoms with Crippen LogP contribution in [0.1, 0.15) is 0 Å². The van der Waals surface area contributed by atoms with Crippen molar-refractivity contribution in [2.75, 3.05) is 19.6 Å². The van der Waals surface area contributed by atoms with Crippen LogP contribution in [0.2, 0.25) is 10.0 Å². The Balaban J connectivity index is 2.36. The SMILES string of the molecule is O=S(=O)(c1cc(Cl)cc(Cl)c1)C1CNCCN1. The minimum atomic E-state index is -3.45. The smallest absolute Gasteiger partial charge is 0.195 e. The zero-order valence-electron chi connectivity index (χ0n) is 8.91. The molecular weight excluding hydrogens is 283 g/mol. The van der Waals surface area contributed by atoms with Crippen LogP contribution in [0.5, 0.6) is 0 Å². The van der Waals surface area contributed by atoms with Gasteiger partial charge in [0.15, 0.2) is 9.84 Å². The molecule has 1 aliphatic rings. The van der Waals surface area contributed by atoms with E-state index in [4.69, 9.17) is 23.2 Å². The molecule has 0 aliphatic carbocycles. The Morgan fingerprint density at radius 3 is 2.29 bits per heavy atom. The van der Waals surface area contributed by atoms with Crippen LogP contribution in [0.4, 0.5) is 0 Å². The summed E-state index contributed by atoms with van der Waals surface area (Å²) in [7, 11) is -3.45. The second-order valence-electron chi connectivity index (χ2n) is 3.80. The Morgan fingerprint density at radius 1 is 1.12 bits per heavy atom. The third-order valence-corrected chi connectivity index (χ3v) is 4.95. The second kappa shape index (κ2) is 5.12. The van der Waals surface area contributed by atoms with Crippen molar-refractivity contribution in [1.82, 2.24) is 10.6 Å². The van der Waals surface area contributed by atoms with Gasteiger partial charge in [-0.15, -0.1) is 0 Å². The van der Waals surface area contributed by atoms with E-state index >= 15 is 0 Å². The summed E-state index contributed by atoms with van der Waals surface area (Å²) in [4.78, 5) is 0.149. The minimum Gasteiger partial charge on any atom is -0.313 e. The number of hydrogen-bond acceptors (Lipinski definition) is 4. The molecule has 1 aliphatic heterocycles. The fourth-order valence-electron chi connectivity index (χ4n) is 1.70. The molecule has 0 saturated carbocycles. The Kier molecular flexibility index (Phi) is 3.95. The monoisotopic (exact) mass is 294 g/mol. The van der Waals surface area contributed by atoms with Crippen molar-refractivity contribution >= 4 is 33.0 Å². The van der Waals surface area contributed by atoms with Crippen molar-refractivity contribution in [3.8, 4) is 0 Å². The lowest BCUT2D eigenvalue weighted by Crippen LogP contribution is -2.52. The number of hydrogen-bond donors (Lipinski definition) is 2. The average molecular weight is 295 g/mol. The van der Waals surface area contributed by atoms with E-state index in [9.17, 15) is 8.42 Å². The quantitative estimate of drug-likeness (QED) is 0.863. The lowest BCUT2D eigenvalue weighted by atomic mass is 10.4. The molecule has 0 bridgehead atoms. The molecule has 1 aromatic carbocycles. The van der Waals surface area contributed by atoms with Gasteiger partial charge in [0.05, 0.1) is 4.90 Å². The molecule has 0 radical (unpaired) electrons. The molecule has 1 fully saturated rings. The molecule has 0 spiro atoms. The van der Waals surface area contributed by atoms with Gasteiger partial charge < -0.3 is 5.32 Å². The van der Waals surface area contributed by atoms with E-state index in [-0.39, 0.29) is 4.90 Å². The third kappa shape index (κ3) is 2.92. The number of rotatable bonds is 2. The molecule has 0 amide bonds. The molecule has 94 valence electrons. The number of sulfone groups is 1. The van der Waals surface area contributed by atoms with E-state index in [0.29, 0.717) is 23.1 Å². The standard InChI is InChI=1S/C10H12Cl2N2O2S/c11-7-3-8(12)5-9(4-7)17(15,16)10-6-13-1-2-14-10/h3-5,10,13-14H,1-2,6H2. The van der Waals surface area contributed by atoms with Gasteiger partial charge in [-0.05, 0) is 18.2 Å². The van der Waals surface area contributed by atoms with Gasteiger partial charge in [0.1, 0.15) is 5.37 Å². The van der Waals surface area contributed by atoms with Gasteiger partial charge in [-0.25, -0.2) is 8.42 Å². The molecule has 1 unspecified atom stereocenters. The highest BCUT2D eigenvalue weighted by atomic mass is 35.5. The van der Waals surface area contributed by atoms with Gasteiger partial charge in [0, 0.05) is 29.7 Å². The van der Waals surface area contributed by atoms with Crippen LogP contribution in [-0.2, 0) is 9.84 Å². The van der Waals surface area contributed by atoms with E-state index in [1.54, 1.807) is 0 Å². The van der Waals surface area contributed by atoms with Gasteiger partial charge in [-0.3, -0.25) is 5.32 Å². The molecule has 2 rings (SSSR count). The van der Waals surface area contributed by atoms with Crippen molar-refractivity contribution in [2.24, 2.45) is 0 Å². The largest absolute Gasteiger partial charge is 0.313 e. The molecule has 1 heterocycles. The summed E-state index contributed by atoms with van der Waals surface area (Å²) < 4.78 is 24.5. The van der Waals surface area contributed by atoms with Gasteiger partial charge >= 0.3 is 0 Å². The highest BCUT2D eigenvalue weighted by Gasteiger charge is 2.29. The topological polar surface area (TPSA) is 58.2 Å². The highest BCUT2D eigenvalue weighted by Crippen LogP contribution is 2.24. The number of piperazine rings is 1. The van der Waals surface area contributed by atoms with E-state index in [0.717, 1.165) is 6.54 Å². The van der Waals surface area contributed by atoms with Crippen LogP contribution >= 0.6 is 23.2 Å². The summed E-state index contributed by atoms with van der Waals surface area (Å²) in [6.07, 6.45) is 0. The third-order valence-electron chi connectivity index (χ3n) is 2.54. The van der Waals surface area contributed by atoms with E-state index in [1.165, 1.54) is 18.2 Å². The number of nitrogens with one attached hydrogen (secondary N) is 2. The predicted octanol–water partition coefficient (Wildman–Crippen LogP) is 1.29. The van der Waals surface area contributed by atoms with E-state index < -0.39 is 15.2 Å². The van der Waals surface area contributed by atoms with E-state index in [1.807, 2.05) is 0 Å². The van der Waals surface area contributed by atoms with Crippen LogP contribution < -0.4 is 10.6 Å². The number of halogens is 2. The van der Waals surface area contributed by atoms with Crippen LogP contribution in [-0.4, -0.2) is 33.4 Å². The van der Waals surface area contributed by atoms with Crippen molar-refractivity contribution in [1.29, 1.82) is 0 Å². The maximum absolute atomic E-state index is 12.3. The molecule has 4 nitrogen and oxygen atoms in total. The molecule has 7 heteroatoms. The van der Waals surface area contributed by atoms with Crippen molar-refractivity contribution < 1.29 is 8.42 Å². The van der Waals surface area contributed by atoms with Gasteiger partial charge in [-0.1, -0.05) is 23.2 Å². The van der Waals surface area contributed by atoms with Crippen LogP contribution in [0, 0.1) is 0 Å². The van der Waals surface area contributed by atoms with Crippen molar-refractivity contribution in [3.63, 3.8) is 0 Å². The normalized spacial score (nSPS) is 21.4. The Morgan fingerprint density at radius 2 is 1.76 bits per heavy atom. The van der Waals surface area contributed by atoms with Gasteiger partial charge in [0.2, 0.25) is 0 Å². The van der Waals surface area contributed by atoms with Gasteiger partial charge in [0.25, 0.3) is 0 Å². The summed E-state index contributed by atoms with van der Waals surface area (Å²) in [6, 6.07) is 4.34. The lowest BCUT2D eigenvalue weighted by molar-refractivity contribution is 0.475. The predicted molar refractivity (Wildman–Crippen MR) is 68.3 cm³/mol. The molecule has 0 aromatic heterocycles. The minimum absolute atomic E-state index is 0.149. The maximum Gasteiger partial charge on any atom is 0.195 e. The Bertz CT molecular complexity index is 493. The Labute approximate surface area is 110 Å². The summed E-state index contributed by atoms with van der Waals surface area (Å²) >= 11 is 11.6. The molecule has 1 aromatic rings. The first kappa shape index (κ1) is 13.1. The zero-order chi connectivity index (χ0) is 12.5. The van der Waals surface area contributed by atoms with E-state index in [2.05, 4.69) is 10.6 Å². The highest BCUT2D eigenvalue weighted by molar-refractivity contribution is 7.92. The summed E-state index contributed by atoms with van der Waals surface area (Å²) in [5, 5.41) is 6.00. The first-order valence-electron chi connectivity index (χ1n) is 5.14. The second-order valence-corrected chi connectivity index (χ2v) is 6.80. The van der Waals surface area contributed by atoms with Crippen molar-refractivity contribution in [2.45, 2.75) is 10.3 Å². The molecular formula is C10H12Cl2N2O2S. The molecule has 1 atom stereocenters. The summed E-state index contributed by atoms with van der Waals surface area (Å²) in [6.45, 7) is 1.77. The maximum atomic E-state index is 12.3. The Hall–Kier alpha value is -0.330. The number of benzene rings is 1. The molecule has 1 saturated heterocycles. The van der Waals surface area contributed by atoms with Crippen LogP contribution in [0.15, 0.2) is 23.1 Å².